The van der Waals surface area contributed by atoms with E-state index >= 15 is 0 Å². The zero-order valence-electron chi connectivity index (χ0n) is 14.7. The first-order chi connectivity index (χ1) is 11.2. The third kappa shape index (κ3) is 6.58. The van der Waals surface area contributed by atoms with Gasteiger partial charge in [-0.2, -0.15) is 0 Å². The van der Waals surface area contributed by atoms with Crippen molar-refractivity contribution < 1.29 is 13.9 Å². The Labute approximate surface area is 161 Å². The van der Waals surface area contributed by atoms with Gasteiger partial charge in [0.1, 0.15) is 11.5 Å². The molecule has 1 aromatic heterocycles. The fourth-order valence-corrected chi connectivity index (χ4v) is 2.62. The molecule has 0 amide bonds. The van der Waals surface area contributed by atoms with E-state index in [9.17, 15) is 0 Å². The molecule has 24 heavy (non-hydrogen) atoms. The lowest BCUT2D eigenvalue weighted by atomic mass is 10.1. The molecule has 138 valence electrons. The third-order valence-corrected chi connectivity index (χ3v) is 3.86. The molecule has 0 aromatic carbocycles. The lowest BCUT2D eigenvalue weighted by Gasteiger charge is -2.33. The molecule has 2 heterocycles. The topological polar surface area (TPSA) is 71.3 Å². The molecule has 2 N–H and O–H groups in total. The molecule has 1 unspecified atom stereocenters. The first-order valence-electron chi connectivity index (χ1n) is 8.06. The molecule has 1 aromatic rings. The van der Waals surface area contributed by atoms with Gasteiger partial charge in [-0.3, -0.25) is 9.89 Å². The largest absolute Gasteiger partial charge is 0.465 e. The van der Waals surface area contributed by atoms with Gasteiger partial charge in [0.05, 0.1) is 25.9 Å². The molecule has 1 saturated heterocycles. The number of hydrogen-bond donors (Lipinski definition) is 2. The quantitative estimate of drug-likeness (QED) is 0.282. The van der Waals surface area contributed by atoms with Crippen LogP contribution in [0.1, 0.15) is 17.6 Å². The van der Waals surface area contributed by atoms with E-state index in [4.69, 9.17) is 13.9 Å². The van der Waals surface area contributed by atoms with Crippen molar-refractivity contribution in [3.63, 3.8) is 0 Å². The van der Waals surface area contributed by atoms with Crippen molar-refractivity contribution in [3.05, 3.63) is 23.7 Å². The van der Waals surface area contributed by atoms with Gasteiger partial charge in [0.15, 0.2) is 5.96 Å². The van der Waals surface area contributed by atoms with Crippen molar-refractivity contribution in [3.8, 4) is 0 Å². The van der Waals surface area contributed by atoms with Gasteiger partial charge in [0, 0.05) is 40.3 Å². The third-order valence-electron chi connectivity index (χ3n) is 3.86. The normalized spacial score (nSPS) is 17.2. The van der Waals surface area contributed by atoms with Gasteiger partial charge in [-0.1, -0.05) is 0 Å². The summed E-state index contributed by atoms with van der Waals surface area (Å²) >= 11 is 0. The number of aliphatic imine (C=N–C) groups is 1. The van der Waals surface area contributed by atoms with Crippen LogP contribution in [0.5, 0.6) is 0 Å². The number of hydrogen-bond acceptors (Lipinski definition) is 5. The van der Waals surface area contributed by atoms with Crippen LogP contribution in [-0.4, -0.2) is 71.0 Å². The Hall–Kier alpha value is -0.840. The number of guanidine groups is 1. The number of rotatable bonds is 7. The Bertz CT molecular complexity index is 489. The highest BCUT2D eigenvalue weighted by molar-refractivity contribution is 14.0. The summed E-state index contributed by atoms with van der Waals surface area (Å²) in [5.41, 5.74) is 0. The summed E-state index contributed by atoms with van der Waals surface area (Å²) in [6, 6.07) is 4.22. The number of aryl methyl sites for hydroxylation is 1. The van der Waals surface area contributed by atoms with E-state index in [2.05, 4.69) is 26.6 Å². The first-order valence-corrected chi connectivity index (χ1v) is 8.06. The van der Waals surface area contributed by atoms with Gasteiger partial charge in [-0.25, -0.2) is 0 Å². The van der Waals surface area contributed by atoms with Crippen LogP contribution in [0.15, 0.2) is 21.5 Å². The molecule has 0 bridgehead atoms. The number of nitrogens with one attached hydrogen (secondary N) is 2. The highest BCUT2D eigenvalue weighted by Crippen LogP contribution is 2.23. The molecule has 8 heteroatoms. The predicted octanol–water partition coefficient (Wildman–Crippen LogP) is 1.39. The van der Waals surface area contributed by atoms with E-state index in [0.29, 0.717) is 6.61 Å². The number of nitrogens with zero attached hydrogens (tertiary/aromatic N) is 2. The zero-order valence-corrected chi connectivity index (χ0v) is 17.0. The molecule has 7 nitrogen and oxygen atoms in total. The summed E-state index contributed by atoms with van der Waals surface area (Å²) in [4.78, 5) is 6.63. The van der Waals surface area contributed by atoms with Crippen molar-refractivity contribution >= 4 is 29.9 Å². The fourth-order valence-electron chi connectivity index (χ4n) is 2.62. The summed E-state index contributed by atoms with van der Waals surface area (Å²) in [7, 11) is 3.45. The van der Waals surface area contributed by atoms with Crippen LogP contribution in [0.4, 0.5) is 0 Å². The first kappa shape index (κ1) is 21.2. The number of halogens is 1. The van der Waals surface area contributed by atoms with Gasteiger partial charge < -0.3 is 24.5 Å². The van der Waals surface area contributed by atoms with Crippen molar-refractivity contribution in [1.82, 2.24) is 15.5 Å². The second-order valence-corrected chi connectivity index (χ2v) is 5.49. The maximum Gasteiger partial charge on any atom is 0.191 e. The Morgan fingerprint density at radius 3 is 2.67 bits per heavy atom. The average molecular weight is 452 g/mol. The molecule has 2 rings (SSSR count). The molecule has 0 spiro atoms. The van der Waals surface area contributed by atoms with Crippen LogP contribution in [0.25, 0.3) is 0 Å². The summed E-state index contributed by atoms with van der Waals surface area (Å²) in [6.45, 7) is 7.39. The zero-order chi connectivity index (χ0) is 16.5. The van der Waals surface area contributed by atoms with Gasteiger partial charge in [0.2, 0.25) is 0 Å². The molecular formula is C16H29IN4O3. The maximum absolute atomic E-state index is 5.86. The number of ether oxygens (including phenoxy) is 2. The maximum atomic E-state index is 5.86. The van der Waals surface area contributed by atoms with Crippen LogP contribution < -0.4 is 10.6 Å². The van der Waals surface area contributed by atoms with Crippen molar-refractivity contribution in [1.29, 1.82) is 0 Å². The van der Waals surface area contributed by atoms with Crippen molar-refractivity contribution in [2.45, 2.75) is 13.0 Å². The Kier molecular flexibility index (Phi) is 10.3. The Balaban J connectivity index is 0.00000288. The lowest BCUT2D eigenvalue weighted by Crippen LogP contribution is -2.46. The molecule has 1 aliphatic heterocycles. The lowest BCUT2D eigenvalue weighted by molar-refractivity contribution is 0.0124. The number of methoxy groups -OCH3 is 1. The second-order valence-electron chi connectivity index (χ2n) is 5.49. The number of furan rings is 1. The smallest absolute Gasteiger partial charge is 0.191 e. The van der Waals surface area contributed by atoms with Crippen molar-refractivity contribution in [2.75, 3.05) is 60.2 Å². The van der Waals surface area contributed by atoms with Crippen LogP contribution in [-0.2, 0) is 9.47 Å². The number of morpholine rings is 1. The minimum Gasteiger partial charge on any atom is -0.465 e. The molecule has 0 radical (unpaired) electrons. The SMILES string of the molecule is CN=C(NCCOC)NCC(c1ccc(C)o1)N1CCOCC1.I. The standard InChI is InChI=1S/C16H28N4O3.HI/c1-13-4-5-15(23-13)14(20-7-10-22-11-8-20)12-19-16(17-2)18-6-9-21-3;/h4-5,14H,6-12H2,1-3H3,(H2,17,18,19);1H. The van der Waals surface area contributed by atoms with Crippen LogP contribution in [0, 0.1) is 6.92 Å². The van der Waals surface area contributed by atoms with Crippen LogP contribution in [0.3, 0.4) is 0 Å². The summed E-state index contributed by atoms with van der Waals surface area (Å²) in [5.74, 6) is 2.67. The van der Waals surface area contributed by atoms with Gasteiger partial charge in [-0.05, 0) is 19.1 Å². The highest BCUT2D eigenvalue weighted by atomic mass is 127. The molecule has 1 atom stereocenters. The van der Waals surface area contributed by atoms with E-state index in [0.717, 1.165) is 56.9 Å². The highest BCUT2D eigenvalue weighted by Gasteiger charge is 2.25. The van der Waals surface area contributed by atoms with E-state index in [1.165, 1.54) is 0 Å². The minimum atomic E-state index is 0. The molecule has 1 aliphatic rings. The van der Waals surface area contributed by atoms with Crippen molar-refractivity contribution in [2.24, 2.45) is 4.99 Å². The summed E-state index contributed by atoms with van der Waals surface area (Å²) in [5, 5.41) is 6.60. The average Bonchev–Trinajstić information content (AvgIpc) is 3.00. The fraction of sp³-hybridized carbons (Fsp3) is 0.688. The second kappa shape index (κ2) is 11.7. The molecule has 0 aliphatic carbocycles. The van der Waals surface area contributed by atoms with E-state index in [1.807, 2.05) is 13.0 Å². The molecule has 0 saturated carbocycles. The summed E-state index contributed by atoms with van der Waals surface area (Å²) < 4.78 is 16.4. The van der Waals surface area contributed by atoms with E-state index < -0.39 is 0 Å². The Morgan fingerprint density at radius 1 is 1.33 bits per heavy atom. The van der Waals surface area contributed by atoms with E-state index in [1.54, 1.807) is 14.2 Å². The van der Waals surface area contributed by atoms with Gasteiger partial charge >= 0.3 is 0 Å². The summed E-state index contributed by atoms with van der Waals surface area (Å²) in [6.07, 6.45) is 0. The monoisotopic (exact) mass is 452 g/mol. The van der Waals surface area contributed by atoms with Gasteiger partial charge in [0.25, 0.3) is 0 Å². The molecular weight excluding hydrogens is 423 g/mol. The minimum absolute atomic E-state index is 0. The predicted molar refractivity (Wildman–Crippen MR) is 105 cm³/mol. The van der Waals surface area contributed by atoms with Gasteiger partial charge in [-0.15, -0.1) is 24.0 Å². The van der Waals surface area contributed by atoms with Crippen LogP contribution in [0.2, 0.25) is 0 Å². The molecule has 1 fully saturated rings. The Morgan fingerprint density at radius 2 is 2.08 bits per heavy atom. The van der Waals surface area contributed by atoms with E-state index in [-0.39, 0.29) is 30.0 Å². The van der Waals surface area contributed by atoms with Crippen LogP contribution >= 0.6 is 24.0 Å².